The number of fused-ring (bicyclic) bond motifs is 3. The summed E-state index contributed by atoms with van der Waals surface area (Å²) in [6, 6.07) is 14.6. The number of ether oxygens (including phenoxy) is 2. The summed E-state index contributed by atoms with van der Waals surface area (Å²) >= 11 is 0. The van der Waals surface area contributed by atoms with Crippen LogP contribution in [0, 0.1) is 5.41 Å². The molecule has 0 radical (unpaired) electrons. The summed E-state index contributed by atoms with van der Waals surface area (Å²) in [6.45, 7) is 8.79. The van der Waals surface area contributed by atoms with Crippen LogP contribution in [-0.4, -0.2) is 56.4 Å². The standard InChI is InChI=1S/C29H34N4O6/c1-28(2,3)39-26(36)29(4,5)14-18-15-33(32-31-18)16-24(25(34)35)30-27(37)38-17-23-21-12-8-6-10-19(21)20-11-7-9-13-22(20)23/h6-13,15,23-24H,14,16-17H2,1-5H3,(H,30,37)(H,34,35). The molecular weight excluding hydrogens is 500 g/mol. The molecule has 2 aromatic carbocycles. The molecule has 4 rings (SSSR count). The van der Waals surface area contributed by atoms with E-state index in [-0.39, 0.29) is 31.5 Å². The molecule has 0 saturated heterocycles. The largest absolute Gasteiger partial charge is 0.480 e. The van der Waals surface area contributed by atoms with Crippen molar-refractivity contribution in [1.82, 2.24) is 20.3 Å². The summed E-state index contributed by atoms with van der Waals surface area (Å²) in [5, 5.41) is 20.2. The molecule has 1 atom stereocenters. The second-order valence-electron chi connectivity index (χ2n) is 11.4. The molecule has 0 bridgehead atoms. The molecular formula is C29H34N4O6. The number of esters is 1. The van der Waals surface area contributed by atoms with Gasteiger partial charge in [-0.2, -0.15) is 0 Å². The van der Waals surface area contributed by atoms with Crippen molar-refractivity contribution in [3.05, 3.63) is 71.5 Å². The third-order valence-corrected chi connectivity index (χ3v) is 6.46. The molecule has 1 aliphatic rings. The zero-order valence-corrected chi connectivity index (χ0v) is 22.8. The third-order valence-electron chi connectivity index (χ3n) is 6.46. The average molecular weight is 535 g/mol. The molecule has 1 unspecified atom stereocenters. The average Bonchev–Trinajstić information content (AvgIpc) is 3.42. The highest BCUT2D eigenvalue weighted by Crippen LogP contribution is 2.44. The predicted molar refractivity (Wildman–Crippen MR) is 143 cm³/mol. The van der Waals surface area contributed by atoms with Crippen molar-refractivity contribution in [1.29, 1.82) is 0 Å². The van der Waals surface area contributed by atoms with E-state index in [4.69, 9.17) is 9.47 Å². The molecule has 10 nitrogen and oxygen atoms in total. The molecule has 3 aromatic rings. The first-order valence-corrected chi connectivity index (χ1v) is 12.8. The van der Waals surface area contributed by atoms with Gasteiger partial charge in [-0.25, -0.2) is 14.3 Å². The number of benzene rings is 2. The molecule has 0 fully saturated rings. The zero-order valence-electron chi connectivity index (χ0n) is 22.8. The van der Waals surface area contributed by atoms with E-state index >= 15 is 0 Å². The number of nitrogens with one attached hydrogen (secondary N) is 1. The lowest BCUT2D eigenvalue weighted by molar-refractivity contribution is -0.165. The van der Waals surface area contributed by atoms with Crippen LogP contribution in [0.3, 0.4) is 0 Å². The fourth-order valence-electron chi connectivity index (χ4n) is 4.60. The summed E-state index contributed by atoms with van der Waals surface area (Å²) in [4.78, 5) is 37.1. The molecule has 0 saturated carbocycles. The number of hydrogen-bond acceptors (Lipinski definition) is 7. The van der Waals surface area contributed by atoms with Gasteiger partial charge in [0.05, 0.1) is 17.7 Å². The Hall–Kier alpha value is -4.21. The van der Waals surface area contributed by atoms with Gasteiger partial charge in [-0.1, -0.05) is 53.7 Å². The van der Waals surface area contributed by atoms with Crippen LogP contribution >= 0.6 is 0 Å². The topological polar surface area (TPSA) is 133 Å². The van der Waals surface area contributed by atoms with Crippen LogP contribution in [-0.2, 0) is 32.0 Å². The fourth-order valence-corrected chi connectivity index (χ4v) is 4.60. The first kappa shape index (κ1) is 27.8. The highest BCUT2D eigenvalue weighted by Gasteiger charge is 2.34. The number of alkyl carbamates (subject to hydrolysis) is 1. The molecule has 1 amide bonds. The van der Waals surface area contributed by atoms with Gasteiger partial charge in [0.2, 0.25) is 0 Å². The second-order valence-corrected chi connectivity index (χ2v) is 11.4. The summed E-state index contributed by atoms with van der Waals surface area (Å²) in [7, 11) is 0. The van der Waals surface area contributed by atoms with E-state index in [1.807, 2.05) is 48.5 Å². The lowest BCUT2D eigenvalue weighted by Crippen LogP contribution is -2.44. The van der Waals surface area contributed by atoms with Gasteiger partial charge in [0.1, 0.15) is 18.2 Å². The molecule has 1 aliphatic carbocycles. The van der Waals surface area contributed by atoms with Crippen molar-refractivity contribution in [2.75, 3.05) is 6.61 Å². The second kappa shape index (κ2) is 10.9. The molecule has 1 heterocycles. The monoisotopic (exact) mass is 534 g/mol. The summed E-state index contributed by atoms with van der Waals surface area (Å²) in [5.41, 5.74) is 3.34. The van der Waals surface area contributed by atoms with Gasteiger partial charge in [-0.15, -0.1) is 5.10 Å². The summed E-state index contributed by atoms with van der Waals surface area (Å²) in [6.07, 6.45) is 0.969. The number of carbonyl (C=O) groups excluding carboxylic acids is 2. The summed E-state index contributed by atoms with van der Waals surface area (Å²) in [5.74, 6) is -1.75. The molecule has 206 valence electrons. The Morgan fingerprint density at radius 3 is 2.15 bits per heavy atom. The first-order chi connectivity index (χ1) is 18.3. The van der Waals surface area contributed by atoms with Crippen LogP contribution in [0.4, 0.5) is 4.79 Å². The van der Waals surface area contributed by atoms with Crippen molar-refractivity contribution in [3.8, 4) is 11.1 Å². The minimum atomic E-state index is -1.30. The van der Waals surface area contributed by atoms with E-state index in [2.05, 4.69) is 15.6 Å². The Morgan fingerprint density at radius 2 is 1.59 bits per heavy atom. The number of carbonyl (C=O) groups is 3. The Balaban J connectivity index is 1.36. The SMILES string of the molecule is CC(C)(C)OC(=O)C(C)(C)Cc1cn(CC(NC(=O)OCC2c3ccccc3-c3ccccc32)C(=O)O)nn1. The smallest absolute Gasteiger partial charge is 0.407 e. The molecule has 10 heteroatoms. The minimum absolute atomic E-state index is 0.0689. The van der Waals surface area contributed by atoms with Crippen LogP contribution in [0.5, 0.6) is 0 Å². The number of carboxylic acid groups (broad SMARTS) is 1. The summed E-state index contributed by atoms with van der Waals surface area (Å²) < 4.78 is 12.3. The van der Waals surface area contributed by atoms with Gasteiger partial charge in [0, 0.05) is 18.5 Å². The quantitative estimate of drug-likeness (QED) is 0.391. The number of carboxylic acids is 1. The Labute approximate surface area is 227 Å². The number of hydrogen-bond donors (Lipinski definition) is 2. The normalized spacial score (nSPS) is 13.8. The lowest BCUT2D eigenvalue weighted by Gasteiger charge is -2.27. The molecule has 39 heavy (non-hydrogen) atoms. The Kier molecular flexibility index (Phi) is 7.76. The predicted octanol–water partition coefficient (Wildman–Crippen LogP) is 4.18. The molecule has 0 aliphatic heterocycles. The zero-order chi connectivity index (χ0) is 28.4. The van der Waals surface area contributed by atoms with Crippen LogP contribution < -0.4 is 5.32 Å². The van der Waals surface area contributed by atoms with Gasteiger partial charge >= 0.3 is 18.0 Å². The molecule has 1 aromatic heterocycles. The first-order valence-electron chi connectivity index (χ1n) is 12.8. The maximum atomic E-state index is 12.6. The van der Waals surface area contributed by atoms with Crippen molar-refractivity contribution >= 4 is 18.0 Å². The van der Waals surface area contributed by atoms with E-state index < -0.39 is 29.1 Å². The fraction of sp³-hybridized carbons (Fsp3) is 0.414. The van der Waals surface area contributed by atoms with Crippen LogP contribution in [0.25, 0.3) is 11.1 Å². The number of aromatic nitrogens is 3. The molecule has 0 spiro atoms. The van der Waals surface area contributed by atoms with Gasteiger partial charge in [-0.3, -0.25) is 4.79 Å². The highest BCUT2D eigenvalue weighted by molar-refractivity contribution is 5.81. The van der Waals surface area contributed by atoms with Crippen molar-refractivity contribution in [2.45, 2.75) is 65.1 Å². The van der Waals surface area contributed by atoms with Gasteiger partial charge in [-0.05, 0) is 56.9 Å². The maximum Gasteiger partial charge on any atom is 0.407 e. The number of aliphatic carboxylic acids is 1. The van der Waals surface area contributed by atoms with E-state index in [0.717, 1.165) is 22.3 Å². The minimum Gasteiger partial charge on any atom is -0.480 e. The van der Waals surface area contributed by atoms with Crippen molar-refractivity contribution in [2.24, 2.45) is 5.41 Å². The van der Waals surface area contributed by atoms with Gasteiger partial charge in [0.15, 0.2) is 0 Å². The number of rotatable bonds is 9. The number of nitrogens with zero attached hydrogens (tertiary/aromatic N) is 3. The van der Waals surface area contributed by atoms with Gasteiger partial charge in [0.25, 0.3) is 0 Å². The van der Waals surface area contributed by atoms with E-state index in [1.54, 1.807) is 40.8 Å². The maximum absolute atomic E-state index is 12.6. The van der Waals surface area contributed by atoms with Crippen molar-refractivity contribution in [3.63, 3.8) is 0 Å². The van der Waals surface area contributed by atoms with E-state index in [0.29, 0.717) is 5.69 Å². The Bertz CT molecular complexity index is 1330. The van der Waals surface area contributed by atoms with Crippen LogP contribution in [0.15, 0.2) is 54.7 Å². The van der Waals surface area contributed by atoms with Crippen LogP contribution in [0.2, 0.25) is 0 Å². The highest BCUT2D eigenvalue weighted by atomic mass is 16.6. The number of amides is 1. The Morgan fingerprint density at radius 1 is 1.00 bits per heavy atom. The third kappa shape index (κ3) is 6.63. The van der Waals surface area contributed by atoms with E-state index in [9.17, 15) is 19.5 Å². The van der Waals surface area contributed by atoms with Gasteiger partial charge < -0.3 is 19.9 Å². The van der Waals surface area contributed by atoms with Crippen molar-refractivity contribution < 1.29 is 29.0 Å². The van der Waals surface area contributed by atoms with E-state index in [1.165, 1.54) is 4.68 Å². The lowest BCUT2D eigenvalue weighted by atomic mass is 9.88. The van der Waals surface area contributed by atoms with Crippen LogP contribution in [0.1, 0.15) is 57.4 Å². The molecule has 2 N–H and O–H groups in total.